The molecule has 0 atom stereocenters. The summed E-state index contributed by atoms with van der Waals surface area (Å²) >= 11 is 2.76. The Bertz CT molecular complexity index is 1120. The largest absolute Gasteiger partial charge is 0.476 e. The number of nitrogens with one attached hydrogen (secondary N) is 2. The lowest BCUT2D eigenvalue weighted by molar-refractivity contribution is 0.0691. The number of thiazole rings is 2. The lowest BCUT2D eigenvalue weighted by atomic mass is 10.1. The molecule has 4 aromatic rings. The Balaban J connectivity index is 1.59. The molecule has 0 unspecified atom stereocenters. The maximum absolute atomic E-state index is 11.0. The molecule has 0 aliphatic carbocycles. The molecule has 0 bridgehead atoms. The monoisotopic (exact) mass is 412 g/mol. The topological polar surface area (TPSA) is 113 Å². The highest BCUT2D eigenvalue weighted by Crippen LogP contribution is 2.31. The molecule has 0 radical (unpaired) electrons. The zero-order valence-electron chi connectivity index (χ0n) is 15.0. The third-order valence-electron chi connectivity index (χ3n) is 3.92. The number of hydrogen-bond acceptors (Lipinski definition) is 9. The van der Waals surface area contributed by atoms with E-state index < -0.39 is 5.97 Å². The number of aromatic nitrogens is 4. The molecule has 0 aliphatic heterocycles. The summed E-state index contributed by atoms with van der Waals surface area (Å²) in [6, 6.07) is 9.84. The first-order valence-electron chi connectivity index (χ1n) is 8.45. The van der Waals surface area contributed by atoms with Crippen molar-refractivity contribution in [3.8, 4) is 0 Å². The van der Waals surface area contributed by atoms with Crippen LogP contribution in [0.1, 0.15) is 35.8 Å². The van der Waals surface area contributed by atoms with Crippen molar-refractivity contribution in [3.05, 3.63) is 47.0 Å². The Labute approximate surface area is 168 Å². The normalized spacial score (nSPS) is 11.1. The molecule has 8 nitrogen and oxygen atoms in total. The minimum Gasteiger partial charge on any atom is -0.476 e. The van der Waals surface area contributed by atoms with E-state index in [-0.39, 0.29) is 11.6 Å². The first-order valence-corrected chi connectivity index (χ1v) is 10.2. The van der Waals surface area contributed by atoms with Gasteiger partial charge in [0.1, 0.15) is 0 Å². The molecular weight excluding hydrogens is 396 g/mol. The van der Waals surface area contributed by atoms with Crippen molar-refractivity contribution in [2.24, 2.45) is 0 Å². The summed E-state index contributed by atoms with van der Waals surface area (Å²) in [7, 11) is 0. The van der Waals surface area contributed by atoms with Gasteiger partial charge in [-0.2, -0.15) is 0 Å². The maximum atomic E-state index is 11.0. The van der Waals surface area contributed by atoms with Crippen LogP contribution in [0.5, 0.6) is 0 Å². The zero-order valence-corrected chi connectivity index (χ0v) is 16.6. The van der Waals surface area contributed by atoms with Crippen LogP contribution < -0.4 is 10.6 Å². The summed E-state index contributed by atoms with van der Waals surface area (Å²) in [6.07, 6.45) is 0. The molecule has 3 heterocycles. The SMILES string of the molecule is CC(C)c1cc(Nc2nc3ccccc3s2)nnc1Nc1nc(C(=O)O)cs1. The Hall–Kier alpha value is -3.11. The smallest absolute Gasteiger partial charge is 0.355 e. The molecule has 3 aromatic heterocycles. The summed E-state index contributed by atoms with van der Waals surface area (Å²) in [4.78, 5) is 19.6. The Morgan fingerprint density at radius 2 is 1.93 bits per heavy atom. The van der Waals surface area contributed by atoms with E-state index in [1.165, 1.54) is 16.7 Å². The second-order valence-electron chi connectivity index (χ2n) is 6.27. The quantitative estimate of drug-likeness (QED) is 0.412. The summed E-state index contributed by atoms with van der Waals surface area (Å²) in [5.41, 5.74) is 1.87. The first kappa shape index (κ1) is 18.3. The molecule has 0 saturated carbocycles. The lowest BCUT2D eigenvalue weighted by Crippen LogP contribution is -2.05. The van der Waals surface area contributed by atoms with Gasteiger partial charge >= 0.3 is 5.97 Å². The average molecular weight is 413 g/mol. The van der Waals surface area contributed by atoms with Gasteiger partial charge in [0.15, 0.2) is 27.6 Å². The molecule has 4 rings (SSSR count). The molecule has 0 saturated heterocycles. The molecule has 0 amide bonds. The molecule has 0 aliphatic rings. The maximum Gasteiger partial charge on any atom is 0.355 e. The van der Waals surface area contributed by atoms with Gasteiger partial charge in [0.25, 0.3) is 0 Å². The predicted molar refractivity (Wildman–Crippen MR) is 111 cm³/mol. The second kappa shape index (κ2) is 7.49. The van der Waals surface area contributed by atoms with Crippen LogP contribution in [0.4, 0.5) is 21.9 Å². The zero-order chi connectivity index (χ0) is 19.7. The van der Waals surface area contributed by atoms with Crippen LogP contribution >= 0.6 is 22.7 Å². The van der Waals surface area contributed by atoms with Crippen LogP contribution in [0.15, 0.2) is 35.7 Å². The molecule has 1 aromatic carbocycles. The average Bonchev–Trinajstić information content (AvgIpc) is 3.29. The van der Waals surface area contributed by atoms with Crippen LogP contribution in [0.3, 0.4) is 0 Å². The van der Waals surface area contributed by atoms with Gasteiger partial charge in [-0.1, -0.05) is 37.3 Å². The van der Waals surface area contributed by atoms with Crippen molar-refractivity contribution in [2.45, 2.75) is 19.8 Å². The summed E-state index contributed by atoms with van der Waals surface area (Å²) in [5.74, 6) is 0.262. The second-order valence-corrected chi connectivity index (χ2v) is 8.16. The Morgan fingerprint density at radius 3 is 2.64 bits per heavy atom. The summed E-state index contributed by atoms with van der Waals surface area (Å²) in [5, 5.41) is 26.5. The highest BCUT2D eigenvalue weighted by atomic mass is 32.1. The van der Waals surface area contributed by atoms with Crippen molar-refractivity contribution >= 4 is 60.8 Å². The minimum atomic E-state index is -1.06. The molecule has 3 N–H and O–H groups in total. The van der Waals surface area contributed by atoms with Gasteiger partial charge in [-0.3, -0.25) is 0 Å². The molecule has 28 heavy (non-hydrogen) atoms. The number of carbonyl (C=O) groups is 1. The number of benzene rings is 1. The number of para-hydroxylation sites is 1. The van der Waals surface area contributed by atoms with Gasteiger partial charge in [0.2, 0.25) is 0 Å². The van der Waals surface area contributed by atoms with Gasteiger partial charge in [0, 0.05) is 10.9 Å². The number of rotatable bonds is 6. The number of aromatic carboxylic acids is 1. The fourth-order valence-corrected chi connectivity index (χ4v) is 4.13. The van der Waals surface area contributed by atoms with Crippen molar-refractivity contribution in [2.75, 3.05) is 10.6 Å². The molecule has 142 valence electrons. The van der Waals surface area contributed by atoms with Crippen LogP contribution in [-0.4, -0.2) is 31.2 Å². The molecule has 0 spiro atoms. The van der Waals surface area contributed by atoms with E-state index in [0.717, 1.165) is 20.9 Å². The Morgan fingerprint density at radius 1 is 1.11 bits per heavy atom. The van der Waals surface area contributed by atoms with Gasteiger partial charge in [-0.05, 0) is 24.1 Å². The van der Waals surface area contributed by atoms with Gasteiger partial charge in [0.05, 0.1) is 10.2 Å². The highest BCUT2D eigenvalue weighted by Gasteiger charge is 2.15. The van der Waals surface area contributed by atoms with Crippen LogP contribution in [-0.2, 0) is 0 Å². The predicted octanol–water partition coefficient (Wildman–Crippen LogP) is 4.85. The van der Waals surface area contributed by atoms with Crippen LogP contribution in [0, 0.1) is 0 Å². The summed E-state index contributed by atoms with van der Waals surface area (Å²) in [6.45, 7) is 4.10. The van der Waals surface area contributed by atoms with E-state index in [1.807, 2.05) is 44.2 Å². The van der Waals surface area contributed by atoms with E-state index in [2.05, 4.69) is 30.8 Å². The molecule has 10 heteroatoms. The highest BCUT2D eigenvalue weighted by molar-refractivity contribution is 7.22. The van der Waals surface area contributed by atoms with Crippen molar-refractivity contribution in [3.63, 3.8) is 0 Å². The third-order valence-corrected chi connectivity index (χ3v) is 5.63. The lowest BCUT2D eigenvalue weighted by Gasteiger charge is -2.13. The van der Waals surface area contributed by atoms with E-state index in [1.54, 1.807) is 11.3 Å². The van der Waals surface area contributed by atoms with Crippen LogP contribution in [0.2, 0.25) is 0 Å². The van der Waals surface area contributed by atoms with Crippen molar-refractivity contribution in [1.82, 2.24) is 20.2 Å². The Kier molecular flexibility index (Phi) is 4.88. The number of carboxylic acid groups (broad SMARTS) is 1. The molecule has 0 fully saturated rings. The number of hydrogen-bond donors (Lipinski definition) is 3. The minimum absolute atomic E-state index is 0.000629. The summed E-state index contributed by atoms with van der Waals surface area (Å²) < 4.78 is 1.10. The number of anilines is 4. The van der Waals surface area contributed by atoms with Gasteiger partial charge < -0.3 is 15.7 Å². The molecular formula is C18H16N6O2S2. The first-order chi connectivity index (χ1) is 13.5. The van der Waals surface area contributed by atoms with E-state index in [9.17, 15) is 4.79 Å². The fraction of sp³-hybridized carbons (Fsp3) is 0.167. The van der Waals surface area contributed by atoms with E-state index in [0.29, 0.717) is 16.8 Å². The van der Waals surface area contributed by atoms with Crippen molar-refractivity contribution in [1.29, 1.82) is 0 Å². The number of carboxylic acids is 1. The fourth-order valence-electron chi connectivity index (χ4n) is 2.57. The van der Waals surface area contributed by atoms with Gasteiger partial charge in [-0.15, -0.1) is 21.5 Å². The van der Waals surface area contributed by atoms with Gasteiger partial charge in [-0.25, -0.2) is 14.8 Å². The third kappa shape index (κ3) is 3.78. The number of fused-ring (bicyclic) bond motifs is 1. The number of nitrogens with zero attached hydrogens (tertiary/aromatic N) is 4. The van der Waals surface area contributed by atoms with Crippen LogP contribution in [0.25, 0.3) is 10.2 Å². The van der Waals surface area contributed by atoms with E-state index in [4.69, 9.17) is 5.11 Å². The standard InChI is InChI=1S/C18H16N6O2S2/c1-9(2)10-7-14(21-18-19-11-5-3-4-6-13(11)28-18)23-24-15(10)22-17-20-12(8-27-17)16(25)26/h3-9H,1-2H3,(H,25,26)(H,19,21,23)(H,20,22,24). The van der Waals surface area contributed by atoms with Crippen molar-refractivity contribution < 1.29 is 9.90 Å². The van der Waals surface area contributed by atoms with E-state index >= 15 is 0 Å².